The van der Waals surface area contributed by atoms with Crippen LogP contribution in [0.4, 0.5) is 0 Å². The lowest BCUT2D eigenvalue weighted by Crippen LogP contribution is -2.43. The molecule has 0 amide bonds. The minimum absolute atomic E-state index is 0.279. The summed E-state index contributed by atoms with van der Waals surface area (Å²) in [6.07, 6.45) is 0.746. The summed E-state index contributed by atoms with van der Waals surface area (Å²) in [6.45, 7) is 6.61. The summed E-state index contributed by atoms with van der Waals surface area (Å²) in [5.41, 5.74) is 0.610. The van der Waals surface area contributed by atoms with Gasteiger partial charge in [0.1, 0.15) is 6.61 Å². The van der Waals surface area contributed by atoms with Gasteiger partial charge in [0.05, 0.1) is 6.61 Å². The minimum atomic E-state index is -1.82. The number of carbonyl (C=O) groups is 3. The van der Waals surface area contributed by atoms with Crippen LogP contribution < -0.4 is 9.47 Å². The molecule has 0 spiro atoms. The van der Waals surface area contributed by atoms with Crippen molar-refractivity contribution in [1.82, 2.24) is 4.90 Å². The van der Waals surface area contributed by atoms with E-state index in [2.05, 4.69) is 17.0 Å². The highest BCUT2D eigenvalue weighted by atomic mass is 16.6. The van der Waals surface area contributed by atoms with Crippen molar-refractivity contribution in [1.29, 1.82) is 0 Å². The minimum Gasteiger partial charge on any atom is -0.490 e. The Labute approximate surface area is 192 Å². The quantitative estimate of drug-likeness (QED) is 0.453. The Morgan fingerprint density at radius 2 is 1.52 bits per heavy atom. The van der Waals surface area contributed by atoms with Crippen LogP contribution in [0.1, 0.15) is 25.8 Å². The van der Waals surface area contributed by atoms with Crippen LogP contribution in [-0.4, -0.2) is 64.9 Å². The highest BCUT2D eigenvalue weighted by Gasteiger charge is 2.42. The molecule has 0 aromatic heterocycles. The number of likely N-dealkylation sites (tertiary alicyclic amines) is 1. The summed E-state index contributed by atoms with van der Waals surface area (Å²) in [5.74, 6) is -2.55. The molecule has 1 aliphatic rings. The standard InChI is InChI=1S/C22H27NO4.C2H2O4/c1-3-25-20-11-7-8-12-21(20)26-17-22(27-18(2)24)13-14-23(16-22)15-19-9-5-4-6-10-19;3-1(4)2(5)6/h4-12H,3,13-17H2,1-2H3;(H,3,4)(H,5,6). The van der Waals surface area contributed by atoms with Gasteiger partial charge in [0.15, 0.2) is 17.1 Å². The molecule has 0 aliphatic carbocycles. The van der Waals surface area contributed by atoms with Crippen LogP contribution >= 0.6 is 0 Å². The highest BCUT2D eigenvalue weighted by molar-refractivity contribution is 6.27. The number of carbonyl (C=O) groups excluding carboxylic acids is 1. The highest BCUT2D eigenvalue weighted by Crippen LogP contribution is 2.31. The molecule has 2 N–H and O–H groups in total. The number of hydrogen-bond donors (Lipinski definition) is 2. The zero-order valence-electron chi connectivity index (χ0n) is 18.7. The van der Waals surface area contributed by atoms with Crippen molar-refractivity contribution in [2.75, 3.05) is 26.3 Å². The van der Waals surface area contributed by atoms with Crippen molar-refractivity contribution in [3.8, 4) is 11.5 Å². The Bertz CT molecular complexity index is 921. The van der Waals surface area contributed by atoms with Gasteiger partial charge in [0.2, 0.25) is 0 Å². The van der Waals surface area contributed by atoms with E-state index < -0.39 is 17.5 Å². The van der Waals surface area contributed by atoms with E-state index in [1.165, 1.54) is 12.5 Å². The third-order valence-electron chi connectivity index (χ3n) is 4.83. The van der Waals surface area contributed by atoms with Crippen LogP contribution in [0.25, 0.3) is 0 Å². The van der Waals surface area contributed by atoms with E-state index in [0.29, 0.717) is 31.3 Å². The molecule has 9 nitrogen and oxygen atoms in total. The van der Waals surface area contributed by atoms with Crippen molar-refractivity contribution < 1.29 is 38.8 Å². The maximum absolute atomic E-state index is 11.7. The van der Waals surface area contributed by atoms with Crippen molar-refractivity contribution in [2.24, 2.45) is 0 Å². The molecule has 0 saturated carbocycles. The van der Waals surface area contributed by atoms with Gasteiger partial charge in [-0.1, -0.05) is 42.5 Å². The number of rotatable bonds is 8. The summed E-state index contributed by atoms with van der Waals surface area (Å²) in [7, 11) is 0. The van der Waals surface area contributed by atoms with E-state index in [1.807, 2.05) is 49.4 Å². The number of benzene rings is 2. The monoisotopic (exact) mass is 459 g/mol. The fraction of sp³-hybridized carbons (Fsp3) is 0.375. The van der Waals surface area contributed by atoms with E-state index in [0.717, 1.165) is 19.5 Å². The van der Waals surface area contributed by atoms with Crippen LogP contribution in [0, 0.1) is 0 Å². The summed E-state index contributed by atoms with van der Waals surface area (Å²) < 4.78 is 17.4. The van der Waals surface area contributed by atoms with Crippen molar-refractivity contribution >= 4 is 17.9 Å². The van der Waals surface area contributed by atoms with E-state index >= 15 is 0 Å². The number of ether oxygens (including phenoxy) is 3. The molecule has 9 heteroatoms. The van der Waals surface area contributed by atoms with E-state index in [-0.39, 0.29) is 5.97 Å². The van der Waals surface area contributed by atoms with Crippen molar-refractivity contribution in [2.45, 2.75) is 32.4 Å². The molecule has 0 radical (unpaired) electrons. The van der Waals surface area contributed by atoms with Crippen molar-refractivity contribution in [3.63, 3.8) is 0 Å². The molecule has 1 unspecified atom stereocenters. The molecule has 0 bridgehead atoms. The normalized spacial score (nSPS) is 17.4. The lowest BCUT2D eigenvalue weighted by atomic mass is 10.0. The van der Waals surface area contributed by atoms with Gasteiger partial charge in [0, 0.05) is 33.0 Å². The lowest BCUT2D eigenvalue weighted by molar-refractivity contribution is -0.159. The molecule has 33 heavy (non-hydrogen) atoms. The Hall–Kier alpha value is -3.59. The topological polar surface area (TPSA) is 123 Å². The van der Waals surface area contributed by atoms with Gasteiger partial charge in [-0.05, 0) is 24.6 Å². The van der Waals surface area contributed by atoms with Crippen LogP contribution in [0.3, 0.4) is 0 Å². The maximum Gasteiger partial charge on any atom is 0.414 e. The molecule has 1 aliphatic heterocycles. The second kappa shape index (κ2) is 12.4. The fourth-order valence-electron chi connectivity index (χ4n) is 3.49. The number of nitrogens with zero attached hydrogens (tertiary/aromatic N) is 1. The zero-order valence-corrected chi connectivity index (χ0v) is 18.7. The molecule has 1 atom stereocenters. The average molecular weight is 459 g/mol. The second-order valence-electron chi connectivity index (χ2n) is 7.50. The van der Waals surface area contributed by atoms with E-state index in [9.17, 15) is 4.79 Å². The van der Waals surface area contributed by atoms with E-state index in [1.54, 1.807) is 0 Å². The first-order valence-corrected chi connectivity index (χ1v) is 10.5. The Morgan fingerprint density at radius 3 is 2.06 bits per heavy atom. The third-order valence-corrected chi connectivity index (χ3v) is 4.83. The summed E-state index contributed by atoms with van der Waals surface area (Å²) in [6, 6.07) is 17.9. The lowest BCUT2D eigenvalue weighted by Gasteiger charge is -2.29. The smallest absolute Gasteiger partial charge is 0.414 e. The Morgan fingerprint density at radius 1 is 0.939 bits per heavy atom. The summed E-state index contributed by atoms with van der Waals surface area (Å²) in [4.78, 5) is 32.2. The fourth-order valence-corrected chi connectivity index (χ4v) is 3.49. The number of esters is 1. The molecule has 1 saturated heterocycles. The molecule has 2 aromatic rings. The first kappa shape index (κ1) is 25.7. The van der Waals surface area contributed by atoms with Crippen LogP contribution in [0.5, 0.6) is 11.5 Å². The van der Waals surface area contributed by atoms with Gasteiger partial charge < -0.3 is 24.4 Å². The van der Waals surface area contributed by atoms with Gasteiger partial charge in [-0.15, -0.1) is 0 Å². The van der Waals surface area contributed by atoms with Gasteiger partial charge >= 0.3 is 17.9 Å². The van der Waals surface area contributed by atoms with Gasteiger partial charge in [-0.25, -0.2) is 9.59 Å². The number of carboxylic acids is 2. The second-order valence-corrected chi connectivity index (χ2v) is 7.50. The summed E-state index contributed by atoms with van der Waals surface area (Å²) in [5, 5.41) is 14.8. The number of para-hydroxylation sites is 2. The average Bonchev–Trinajstić information content (AvgIpc) is 3.16. The number of carboxylic acid groups (broad SMARTS) is 2. The number of aliphatic carboxylic acids is 2. The molecule has 1 fully saturated rings. The maximum atomic E-state index is 11.7. The molecular formula is C24H29NO8. The van der Waals surface area contributed by atoms with Gasteiger partial charge in [-0.2, -0.15) is 0 Å². The molecule has 1 heterocycles. The molecule has 178 valence electrons. The van der Waals surface area contributed by atoms with Crippen LogP contribution in [0.15, 0.2) is 54.6 Å². The van der Waals surface area contributed by atoms with Crippen LogP contribution in [-0.2, 0) is 25.7 Å². The molecular weight excluding hydrogens is 430 g/mol. The van der Waals surface area contributed by atoms with Gasteiger partial charge in [0.25, 0.3) is 0 Å². The Kier molecular flexibility index (Phi) is 9.68. The van der Waals surface area contributed by atoms with Crippen LogP contribution in [0.2, 0.25) is 0 Å². The van der Waals surface area contributed by atoms with Crippen molar-refractivity contribution in [3.05, 3.63) is 60.2 Å². The van der Waals surface area contributed by atoms with Gasteiger partial charge in [-0.3, -0.25) is 9.69 Å². The molecule has 3 rings (SSSR count). The third kappa shape index (κ3) is 8.46. The molecule has 2 aromatic carbocycles. The SMILES string of the molecule is CCOc1ccccc1OCC1(OC(C)=O)CCN(Cc2ccccc2)C1.O=C(O)C(=O)O. The first-order valence-electron chi connectivity index (χ1n) is 10.5. The Balaban J connectivity index is 0.000000569. The predicted molar refractivity (Wildman–Crippen MR) is 119 cm³/mol. The first-order chi connectivity index (χ1) is 15.7. The zero-order chi connectivity index (χ0) is 24.3. The number of hydrogen-bond acceptors (Lipinski definition) is 7. The predicted octanol–water partition coefficient (Wildman–Crippen LogP) is 2.83. The largest absolute Gasteiger partial charge is 0.490 e. The van der Waals surface area contributed by atoms with E-state index in [4.69, 9.17) is 34.0 Å². The summed E-state index contributed by atoms with van der Waals surface area (Å²) >= 11 is 0.